The molecule has 54 heavy (non-hydrogen) atoms. The van der Waals surface area contributed by atoms with E-state index in [1.165, 1.54) is 120 Å². The second kappa shape index (κ2) is 10.1. The first-order chi connectivity index (χ1) is 26.1. The Hall–Kier alpha value is -5.60. The van der Waals surface area contributed by atoms with Crippen LogP contribution < -0.4 is 0 Å². The highest BCUT2D eigenvalue weighted by molar-refractivity contribution is 6.42. The van der Waals surface area contributed by atoms with Crippen LogP contribution in [-0.4, -0.2) is 0 Å². The molecule has 12 rings (SSSR count). The standard InChI is InChI=1S/C52H42O2/c1-23(2)33-19-35(25(5)6)47-37-21-41-51-49-39(17-15-31(45(37)49)27-11-9-13-29(33)43(27)47)54-42-22-38-46-32(16-18-40(53-41)50(46)52(42)51)28-12-10-14-30-34(24(3)4)20-36(26(7)8)48(38)44(28)30/h9-26H,1-8H3. The largest absolute Gasteiger partial charge is 0.456 e. The summed E-state index contributed by atoms with van der Waals surface area (Å²) in [4.78, 5) is 0. The molecule has 0 N–H and O–H groups in total. The van der Waals surface area contributed by atoms with Crippen LogP contribution in [0, 0.1) is 0 Å². The summed E-state index contributed by atoms with van der Waals surface area (Å²) in [6.07, 6.45) is 0. The van der Waals surface area contributed by atoms with Crippen LogP contribution in [0.1, 0.15) is 101 Å². The maximum Gasteiger partial charge on any atom is 0.136 e. The Morgan fingerprint density at radius 2 is 0.648 bits per heavy atom. The molecule has 2 aliphatic heterocycles. The van der Waals surface area contributed by atoms with Gasteiger partial charge in [-0.05, 0) is 147 Å². The lowest BCUT2D eigenvalue weighted by atomic mass is 9.78. The van der Waals surface area contributed by atoms with Crippen LogP contribution in [0.15, 0.2) is 93.8 Å². The van der Waals surface area contributed by atoms with Crippen LogP contribution in [0.2, 0.25) is 0 Å². The fourth-order valence-corrected chi connectivity index (χ4v) is 10.9. The van der Waals surface area contributed by atoms with Crippen LogP contribution in [0.4, 0.5) is 0 Å². The van der Waals surface area contributed by atoms with Gasteiger partial charge in [-0.15, -0.1) is 0 Å². The average Bonchev–Trinajstić information content (AvgIpc) is 3.16. The van der Waals surface area contributed by atoms with E-state index in [2.05, 4.69) is 140 Å². The van der Waals surface area contributed by atoms with E-state index in [0.29, 0.717) is 23.7 Å². The van der Waals surface area contributed by atoms with Crippen molar-refractivity contribution in [2.75, 3.05) is 0 Å². The third kappa shape index (κ3) is 3.54. The number of hydrogen-bond donors (Lipinski definition) is 0. The zero-order chi connectivity index (χ0) is 36.6. The van der Waals surface area contributed by atoms with E-state index >= 15 is 0 Å². The smallest absolute Gasteiger partial charge is 0.136 e. The van der Waals surface area contributed by atoms with Gasteiger partial charge in [-0.3, -0.25) is 0 Å². The van der Waals surface area contributed by atoms with E-state index in [1.54, 1.807) is 0 Å². The first-order valence-corrected chi connectivity index (χ1v) is 20.0. The highest BCUT2D eigenvalue weighted by Crippen LogP contribution is 2.56. The number of hydrogen-bond acceptors (Lipinski definition) is 2. The molecule has 262 valence electrons. The van der Waals surface area contributed by atoms with Gasteiger partial charge in [-0.25, -0.2) is 0 Å². The fraction of sp³-hybridized carbons (Fsp3) is 0.231. The molecule has 2 heteroatoms. The van der Waals surface area contributed by atoms with Gasteiger partial charge in [0.25, 0.3) is 0 Å². The van der Waals surface area contributed by atoms with Crippen molar-refractivity contribution in [2.45, 2.75) is 79.1 Å². The van der Waals surface area contributed by atoms with Gasteiger partial charge in [-0.2, -0.15) is 0 Å². The quantitative estimate of drug-likeness (QED) is 0.135. The third-order valence-corrected chi connectivity index (χ3v) is 13.2. The maximum absolute atomic E-state index is 7.20. The predicted molar refractivity (Wildman–Crippen MR) is 233 cm³/mol. The molecule has 0 fully saturated rings. The summed E-state index contributed by atoms with van der Waals surface area (Å²) in [6.45, 7) is 18.6. The normalized spacial score (nSPS) is 13.5. The van der Waals surface area contributed by atoms with Gasteiger partial charge in [0.2, 0.25) is 0 Å². The minimum atomic E-state index is 0.360. The van der Waals surface area contributed by atoms with E-state index in [9.17, 15) is 0 Å². The van der Waals surface area contributed by atoms with E-state index in [-0.39, 0.29) is 0 Å². The van der Waals surface area contributed by atoms with Crippen LogP contribution in [-0.2, 0) is 0 Å². The molecule has 10 aromatic rings. The van der Waals surface area contributed by atoms with E-state index in [0.717, 1.165) is 22.3 Å². The lowest BCUT2D eigenvalue weighted by Crippen LogP contribution is -2.02. The summed E-state index contributed by atoms with van der Waals surface area (Å²) in [7, 11) is 0. The minimum Gasteiger partial charge on any atom is -0.456 e. The van der Waals surface area contributed by atoms with Crippen molar-refractivity contribution in [1.29, 1.82) is 0 Å². The summed E-state index contributed by atoms with van der Waals surface area (Å²) in [5.41, 5.74) is 11.7. The van der Waals surface area contributed by atoms with E-state index in [1.807, 2.05) is 0 Å². The summed E-state index contributed by atoms with van der Waals surface area (Å²) in [5, 5.41) is 20.8. The molecular formula is C52H42O2. The second-order valence-corrected chi connectivity index (χ2v) is 17.5. The predicted octanol–water partition coefficient (Wildman–Crippen LogP) is 16.3. The molecule has 0 bridgehead atoms. The fourth-order valence-electron chi connectivity index (χ4n) is 10.9. The number of fused-ring (bicyclic) bond motifs is 4. The molecular weight excluding hydrogens is 657 g/mol. The van der Waals surface area contributed by atoms with Gasteiger partial charge in [0.1, 0.15) is 22.3 Å². The van der Waals surface area contributed by atoms with Crippen molar-refractivity contribution in [1.82, 2.24) is 0 Å². The molecule has 2 heterocycles. The topological polar surface area (TPSA) is 26.3 Å². The highest BCUT2D eigenvalue weighted by Gasteiger charge is 2.31. The van der Waals surface area contributed by atoms with Gasteiger partial charge in [0.05, 0.1) is 0 Å². The van der Waals surface area contributed by atoms with Crippen molar-refractivity contribution in [2.24, 2.45) is 0 Å². The number of rotatable bonds is 4. The lowest BCUT2D eigenvalue weighted by Gasteiger charge is -2.27. The monoisotopic (exact) mass is 698 g/mol. The van der Waals surface area contributed by atoms with Gasteiger partial charge >= 0.3 is 0 Å². The van der Waals surface area contributed by atoms with E-state index in [4.69, 9.17) is 8.83 Å². The van der Waals surface area contributed by atoms with Crippen LogP contribution in [0.5, 0.6) is 0 Å². The molecule has 0 saturated carbocycles. The molecule has 0 saturated heterocycles. The molecule has 2 nitrogen and oxygen atoms in total. The Labute approximate surface area is 313 Å². The Kier molecular flexibility index (Phi) is 5.78. The first kappa shape index (κ1) is 30.8. The summed E-state index contributed by atoms with van der Waals surface area (Å²) < 4.78 is 14.4. The Bertz CT molecular complexity index is 3250. The van der Waals surface area contributed by atoms with Gasteiger partial charge in [-0.1, -0.05) is 104 Å². The average molecular weight is 699 g/mol. The third-order valence-electron chi connectivity index (χ3n) is 13.2. The Morgan fingerprint density at radius 3 is 1.04 bits per heavy atom. The molecule has 0 spiro atoms. The van der Waals surface area contributed by atoms with E-state index < -0.39 is 0 Å². The Balaban J connectivity index is 1.34. The van der Waals surface area contributed by atoms with Crippen molar-refractivity contribution in [3.8, 4) is 11.1 Å². The second-order valence-electron chi connectivity index (χ2n) is 17.5. The summed E-state index contributed by atoms with van der Waals surface area (Å²) in [5.74, 6) is 1.57. The summed E-state index contributed by atoms with van der Waals surface area (Å²) in [6, 6.07) is 32.6. The maximum atomic E-state index is 7.20. The Morgan fingerprint density at radius 1 is 0.296 bits per heavy atom. The summed E-state index contributed by atoms with van der Waals surface area (Å²) >= 11 is 0. The molecule has 0 aliphatic carbocycles. The zero-order valence-corrected chi connectivity index (χ0v) is 32.2. The molecule has 0 unspecified atom stereocenters. The molecule has 10 aromatic carbocycles. The van der Waals surface area contributed by atoms with Gasteiger partial charge in [0, 0.05) is 32.7 Å². The highest BCUT2D eigenvalue weighted by atomic mass is 16.3. The van der Waals surface area contributed by atoms with Crippen LogP contribution >= 0.6 is 0 Å². The molecule has 2 aliphatic rings. The van der Waals surface area contributed by atoms with Crippen molar-refractivity contribution in [3.05, 3.63) is 107 Å². The minimum absolute atomic E-state index is 0.360. The molecule has 0 radical (unpaired) electrons. The molecule has 0 amide bonds. The molecule has 0 atom stereocenters. The number of benzene rings is 10. The van der Waals surface area contributed by atoms with Crippen molar-refractivity contribution >= 4 is 109 Å². The van der Waals surface area contributed by atoms with Crippen molar-refractivity contribution in [3.63, 3.8) is 0 Å². The SMILES string of the molecule is CC(C)c1cc(C(C)C)c2c3cc4oc5ccc6c7cccc8c(C(C)C)cc(C(C)C)c(c9cc%10oc%11ccc(c%12cccc1c%122)c3c%11c4-c%10c5c69)c87. The van der Waals surface area contributed by atoms with Gasteiger partial charge < -0.3 is 8.83 Å². The molecule has 0 aromatic heterocycles. The first-order valence-electron chi connectivity index (χ1n) is 20.0. The van der Waals surface area contributed by atoms with Crippen LogP contribution in [0.25, 0.3) is 120 Å². The van der Waals surface area contributed by atoms with Crippen LogP contribution in [0.3, 0.4) is 0 Å². The zero-order valence-electron chi connectivity index (χ0n) is 32.2. The lowest BCUT2D eigenvalue weighted by molar-refractivity contribution is 0.647. The van der Waals surface area contributed by atoms with Crippen molar-refractivity contribution < 1.29 is 8.83 Å². The van der Waals surface area contributed by atoms with Gasteiger partial charge in [0.15, 0.2) is 0 Å².